The summed E-state index contributed by atoms with van der Waals surface area (Å²) in [5, 5.41) is 0. The first-order chi connectivity index (χ1) is 14.7. The molecule has 1 aliphatic rings. The predicted molar refractivity (Wildman–Crippen MR) is 129 cm³/mol. The normalized spacial score (nSPS) is 17.0. The van der Waals surface area contributed by atoms with Gasteiger partial charge in [-0.25, -0.2) is 9.97 Å². The second kappa shape index (κ2) is 12.2. The van der Waals surface area contributed by atoms with Gasteiger partial charge in [0, 0.05) is 17.5 Å². The molecule has 1 aromatic carbocycles. The lowest BCUT2D eigenvalue weighted by Gasteiger charge is -2.24. The molecule has 30 heavy (non-hydrogen) atoms. The van der Waals surface area contributed by atoms with Crippen molar-refractivity contribution in [3.05, 3.63) is 47.3 Å². The first kappa shape index (κ1) is 23.0. The molecule has 2 unspecified atom stereocenters. The van der Waals surface area contributed by atoms with Crippen LogP contribution in [0, 0.1) is 11.8 Å². The SMILES string of the molecule is CCCCCCCCCC1CCc2nc(-c3ccc(CC(C)CC)cc3)ncc2C1. The van der Waals surface area contributed by atoms with Crippen molar-refractivity contribution < 1.29 is 0 Å². The Morgan fingerprint density at radius 1 is 0.967 bits per heavy atom. The van der Waals surface area contributed by atoms with Crippen LogP contribution in [0.4, 0.5) is 0 Å². The first-order valence-corrected chi connectivity index (χ1v) is 12.6. The van der Waals surface area contributed by atoms with Crippen LogP contribution in [-0.2, 0) is 19.3 Å². The molecule has 0 N–H and O–H groups in total. The highest BCUT2D eigenvalue weighted by atomic mass is 14.9. The number of rotatable bonds is 12. The van der Waals surface area contributed by atoms with Crippen LogP contribution in [0.25, 0.3) is 11.4 Å². The topological polar surface area (TPSA) is 25.8 Å². The van der Waals surface area contributed by atoms with Crippen molar-refractivity contribution >= 4 is 0 Å². The fourth-order valence-corrected chi connectivity index (χ4v) is 4.70. The van der Waals surface area contributed by atoms with E-state index in [0.717, 1.165) is 36.1 Å². The quantitative estimate of drug-likeness (QED) is 0.334. The van der Waals surface area contributed by atoms with Gasteiger partial charge in [-0.2, -0.15) is 0 Å². The molecule has 0 radical (unpaired) electrons. The maximum absolute atomic E-state index is 4.95. The molecule has 2 nitrogen and oxygen atoms in total. The second-order valence-corrected chi connectivity index (χ2v) is 9.60. The Morgan fingerprint density at radius 2 is 1.70 bits per heavy atom. The van der Waals surface area contributed by atoms with E-state index in [9.17, 15) is 0 Å². The number of fused-ring (bicyclic) bond motifs is 1. The van der Waals surface area contributed by atoms with E-state index in [0.29, 0.717) is 0 Å². The minimum atomic E-state index is 0.741. The number of aromatic nitrogens is 2. The van der Waals surface area contributed by atoms with Crippen LogP contribution in [-0.4, -0.2) is 9.97 Å². The van der Waals surface area contributed by atoms with Crippen LogP contribution < -0.4 is 0 Å². The van der Waals surface area contributed by atoms with Gasteiger partial charge in [0.1, 0.15) is 0 Å². The molecule has 0 amide bonds. The number of hydrogen-bond donors (Lipinski definition) is 0. The minimum Gasteiger partial charge on any atom is -0.236 e. The molecule has 2 heteroatoms. The minimum absolute atomic E-state index is 0.741. The fraction of sp³-hybridized carbons (Fsp3) is 0.643. The second-order valence-electron chi connectivity index (χ2n) is 9.60. The summed E-state index contributed by atoms with van der Waals surface area (Å²) in [5.41, 5.74) is 5.25. The largest absolute Gasteiger partial charge is 0.236 e. The van der Waals surface area contributed by atoms with Gasteiger partial charge in [-0.1, -0.05) is 103 Å². The standard InChI is InChI=1S/C28H42N2/c1-4-6-7-8-9-10-11-12-23-15-18-27-26(20-23)21-29-28(30-27)25-16-13-24(14-17-25)19-22(3)5-2/h13-14,16-17,21-23H,4-12,15,18-20H2,1-3H3. The summed E-state index contributed by atoms with van der Waals surface area (Å²) < 4.78 is 0. The Labute approximate surface area is 184 Å². The zero-order chi connectivity index (χ0) is 21.2. The Balaban J connectivity index is 1.49. The molecule has 3 rings (SSSR count). The van der Waals surface area contributed by atoms with Crippen LogP contribution >= 0.6 is 0 Å². The average Bonchev–Trinajstić information content (AvgIpc) is 2.78. The van der Waals surface area contributed by atoms with E-state index < -0.39 is 0 Å². The van der Waals surface area contributed by atoms with Gasteiger partial charge in [0.15, 0.2) is 5.82 Å². The maximum atomic E-state index is 4.95. The van der Waals surface area contributed by atoms with Crippen LogP contribution in [0.1, 0.15) is 102 Å². The van der Waals surface area contributed by atoms with Crippen LogP contribution in [0.15, 0.2) is 30.5 Å². The third-order valence-electron chi connectivity index (χ3n) is 6.96. The highest BCUT2D eigenvalue weighted by Gasteiger charge is 2.20. The summed E-state index contributed by atoms with van der Waals surface area (Å²) in [5.74, 6) is 2.47. The molecule has 0 saturated heterocycles. The van der Waals surface area contributed by atoms with Crippen molar-refractivity contribution in [2.45, 2.75) is 104 Å². The highest BCUT2D eigenvalue weighted by molar-refractivity contribution is 5.55. The van der Waals surface area contributed by atoms with Crippen molar-refractivity contribution in [1.82, 2.24) is 9.97 Å². The molecule has 0 aliphatic heterocycles. The highest BCUT2D eigenvalue weighted by Crippen LogP contribution is 2.29. The van der Waals surface area contributed by atoms with E-state index in [1.54, 1.807) is 0 Å². The van der Waals surface area contributed by atoms with Gasteiger partial charge in [-0.05, 0) is 48.6 Å². The summed E-state index contributed by atoms with van der Waals surface area (Å²) in [4.78, 5) is 9.68. The van der Waals surface area contributed by atoms with Gasteiger partial charge in [-0.3, -0.25) is 0 Å². The molecule has 0 saturated carbocycles. The van der Waals surface area contributed by atoms with Crippen LogP contribution in [0.3, 0.4) is 0 Å². The van der Waals surface area contributed by atoms with Gasteiger partial charge < -0.3 is 0 Å². The summed E-state index contributed by atoms with van der Waals surface area (Å²) >= 11 is 0. The number of hydrogen-bond acceptors (Lipinski definition) is 2. The Hall–Kier alpha value is -1.70. The van der Waals surface area contributed by atoms with Crippen LogP contribution in [0.5, 0.6) is 0 Å². The molecule has 164 valence electrons. The zero-order valence-corrected chi connectivity index (χ0v) is 19.6. The van der Waals surface area contributed by atoms with E-state index in [1.165, 1.54) is 87.4 Å². The monoisotopic (exact) mass is 406 g/mol. The van der Waals surface area contributed by atoms with E-state index in [4.69, 9.17) is 9.97 Å². The molecular formula is C28H42N2. The molecule has 0 spiro atoms. The third-order valence-corrected chi connectivity index (χ3v) is 6.96. The lowest BCUT2D eigenvalue weighted by Crippen LogP contribution is -2.16. The predicted octanol–water partition coefficient (Wildman–Crippen LogP) is 7.98. The smallest absolute Gasteiger partial charge is 0.159 e. The third kappa shape index (κ3) is 6.93. The molecule has 1 aromatic heterocycles. The number of nitrogens with zero attached hydrogens (tertiary/aromatic N) is 2. The number of unbranched alkanes of at least 4 members (excludes halogenated alkanes) is 6. The Morgan fingerprint density at radius 3 is 2.43 bits per heavy atom. The Kier molecular flexibility index (Phi) is 9.36. The molecule has 2 atom stereocenters. The molecule has 1 aliphatic carbocycles. The van der Waals surface area contributed by atoms with E-state index in [2.05, 4.69) is 51.2 Å². The molecule has 0 bridgehead atoms. The first-order valence-electron chi connectivity index (χ1n) is 12.6. The lowest BCUT2D eigenvalue weighted by atomic mass is 9.84. The molecule has 1 heterocycles. The van der Waals surface area contributed by atoms with Crippen LogP contribution in [0.2, 0.25) is 0 Å². The van der Waals surface area contributed by atoms with Gasteiger partial charge in [0.25, 0.3) is 0 Å². The molecule has 0 fully saturated rings. The fourth-order valence-electron chi connectivity index (χ4n) is 4.70. The van der Waals surface area contributed by atoms with E-state index >= 15 is 0 Å². The van der Waals surface area contributed by atoms with Crippen molar-refractivity contribution in [3.63, 3.8) is 0 Å². The maximum Gasteiger partial charge on any atom is 0.159 e. The van der Waals surface area contributed by atoms with Crippen molar-refractivity contribution in [2.75, 3.05) is 0 Å². The van der Waals surface area contributed by atoms with Gasteiger partial charge in [0.05, 0.1) is 0 Å². The van der Waals surface area contributed by atoms with Gasteiger partial charge >= 0.3 is 0 Å². The summed E-state index contributed by atoms with van der Waals surface area (Å²) in [6, 6.07) is 8.91. The van der Waals surface area contributed by atoms with Crippen molar-refractivity contribution in [2.24, 2.45) is 11.8 Å². The summed E-state index contributed by atoms with van der Waals surface area (Å²) in [6.45, 7) is 6.87. The van der Waals surface area contributed by atoms with E-state index in [-0.39, 0.29) is 0 Å². The number of aryl methyl sites for hydroxylation is 1. The van der Waals surface area contributed by atoms with Gasteiger partial charge in [0.2, 0.25) is 0 Å². The van der Waals surface area contributed by atoms with Crippen molar-refractivity contribution in [3.8, 4) is 11.4 Å². The zero-order valence-electron chi connectivity index (χ0n) is 19.6. The van der Waals surface area contributed by atoms with E-state index in [1.807, 2.05) is 0 Å². The summed E-state index contributed by atoms with van der Waals surface area (Å²) in [6.07, 6.45) is 19.3. The molecular weight excluding hydrogens is 364 g/mol. The average molecular weight is 407 g/mol. The molecule has 2 aromatic rings. The Bertz CT molecular complexity index is 750. The summed E-state index contributed by atoms with van der Waals surface area (Å²) in [7, 11) is 0. The van der Waals surface area contributed by atoms with Gasteiger partial charge in [-0.15, -0.1) is 0 Å². The number of benzene rings is 1. The lowest BCUT2D eigenvalue weighted by molar-refractivity contribution is 0.399. The van der Waals surface area contributed by atoms with Crippen molar-refractivity contribution in [1.29, 1.82) is 0 Å².